The van der Waals surface area contributed by atoms with Gasteiger partial charge >= 0.3 is 6.03 Å². The number of carbonyl (C=O) groups excluding carboxylic acids is 2. The number of nitrogens with zero attached hydrogens (tertiary/aromatic N) is 2. The highest BCUT2D eigenvalue weighted by molar-refractivity contribution is 5.75. The van der Waals surface area contributed by atoms with Crippen LogP contribution in [0.3, 0.4) is 0 Å². The molecule has 0 aromatic heterocycles. The maximum Gasteiger partial charge on any atom is 0.317 e. The standard InChI is InChI=1S/C19H29N3O2/c1-5-18(17-8-6-14(2)7-9-17)20-19(24)21(4)12-16-10-11-22(13-16)15(3)23/h6-9,16,18H,5,10-13H2,1-4H3,(H,20,24)/t16-,18-/m1/s1. The van der Waals surface area contributed by atoms with E-state index in [4.69, 9.17) is 0 Å². The van der Waals surface area contributed by atoms with E-state index in [1.165, 1.54) is 5.56 Å². The minimum absolute atomic E-state index is 0.0258. The summed E-state index contributed by atoms with van der Waals surface area (Å²) < 4.78 is 0. The summed E-state index contributed by atoms with van der Waals surface area (Å²) in [7, 11) is 1.83. The molecule has 5 nitrogen and oxygen atoms in total. The molecule has 3 amide bonds. The van der Waals surface area contributed by atoms with Crippen LogP contribution in [0.1, 0.15) is 43.9 Å². The van der Waals surface area contributed by atoms with Crippen LogP contribution < -0.4 is 5.32 Å². The van der Waals surface area contributed by atoms with Crippen LogP contribution >= 0.6 is 0 Å². The van der Waals surface area contributed by atoms with Crippen molar-refractivity contribution in [3.05, 3.63) is 35.4 Å². The lowest BCUT2D eigenvalue weighted by atomic mass is 10.0. The molecule has 0 spiro atoms. The van der Waals surface area contributed by atoms with E-state index in [-0.39, 0.29) is 18.0 Å². The summed E-state index contributed by atoms with van der Waals surface area (Å²) in [5, 5.41) is 3.12. The number of hydrogen-bond donors (Lipinski definition) is 1. The summed E-state index contributed by atoms with van der Waals surface area (Å²) in [5.74, 6) is 0.485. The first kappa shape index (κ1) is 18.3. The Labute approximate surface area is 145 Å². The van der Waals surface area contributed by atoms with Gasteiger partial charge in [-0.05, 0) is 31.2 Å². The van der Waals surface area contributed by atoms with E-state index in [1.807, 2.05) is 11.9 Å². The predicted molar refractivity (Wildman–Crippen MR) is 95.7 cm³/mol. The van der Waals surface area contributed by atoms with E-state index in [0.29, 0.717) is 12.5 Å². The monoisotopic (exact) mass is 331 g/mol. The molecule has 1 aromatic carbocycles. The van der Waals surface area contributed by atoms with Gasteiger partial charge in [0.05, 0.1) is 6.04 Å². The number of likely N-dealkylation sites (tertiary alicyclic amines) is 1. The quantitative estimate of drug-likeness (QED) is 0.902. The van der Waals surface area contributed by atoms with E-state index in [0.717, 1.165) is 31.5 Å². The third-order valence-electron chi connectivity index (χ3n) is 4.80. The topological polar surface area (TPSA) is 52.7 Å². The summed E-state index contributed by atoms with van der Waals surface area (Å²) in [6.07, 6.45) is 1.82. The molecule has 24 heavy (non-hydrogen) atoms. The van der Waals surface area contributed by atoms with E-state index < -0.39 is 0 Å². The molecule has 0 saturated carbocycles. The predicted octanol–water partition coefficient (Wildman–Crippen LogP) is 2.96. The highest BCUT2D eigenvalue weighted by Crippen LogP contribution is 2.19. The van der Waals surface area contributed by atoms with Crippen LogP contribution in [-0.2, 0) is 4.79 Å². The largest absolute Gasteiger partial charge is 0.343 e. The van der Waals surface area contributed by atoms with E-state index in [2.05, 4.69) is 43.4 Å². The van der Waals surface area contributed by atoms with Crippen molar-refractivity contribution in [2.45, 2.75) is 39.7 Å². The lowest BCUT2D eigenvalue weighted by molar-refractivity contribution is -0.127. The summed E-state index contributed by atoms with van der Waals surface area (Å²) in [4.78, 5) is 27.5. The summed E-state index contributed by atoms with van der Waals surface area (Å²) in [6.45, 7) is 7.97. The van der Waals surface area contributed by atoms with Gasteiger partial charge in [-0.15, -0.1) is 0 Å². The van der Waals surface area contributed by atoms with Gasteiger partial charge in [0.1, 0.15) is 0 Å². The number of carbonyl (C=O) groups is 2. The number of nitrogens with one attached hydrogen (secondary N) is 1. The van der Waals surface area contributed by atoms with Gasteiger partial charge < -0.3 is 15.1 Å². The normalized spacial score (nSPS) is 18.3. The first-order chi connectivity index (χ1) is 11.4. The molecule has 1 N–H and O–H groups in total. The first-order valence-electron chi connectivity index (χ1n) is 8.74. The SMILES string of the molecule is CC[C@@H](NC(=O)N(C)C[C@H]1CCN(C(C)=O)C1)c1ccc(C)cc1. The Morgan fingerprint density at radius 1 is 1.33 bits per heavy atom. The molecule has 2 atom stereocenters. The van der Waals surface area contributed by atoms with E-state index >= 15 is 0 Å². The Balaban J connectivity index is 1.88. The van der Waals surface area contributed by atoms with Crippen molar-refractivity contribution in [3.63, 3.8) is 0 Å². The second-order valence-corrected chi connectivity index (χ2v) is 6.82. The molecule has 2 rings (SSSR count). The van der Waals surface area contributed by atoms with Gasteiger partial charge in [-0.3, -0.25) is 4.79 Å². The number of hydrogen-bond acceptors (Lipinski definition) is 2. The average molecular weight is 331 g/mol. The van der Waals surface area contributed by atoms with Gasteiger partial charge in [0.2, 0.25) is 5.91 Å². The zero-order chi connectivity index (χ0) is 17.7. The van der Waals surface area contributed by atoms with Crippen LogP contribution in [-0.4, -0.2) is 48.4 Å². The Hall–Kier alpha value is -2.04. The number of aryl methyl sites for hydroxylation is 1. The van der Waals surface area contributed by atoms with E-state index in [1.54, 1.807) is 11.8 Å². The molecule has 1 saturated heterocycles. The molecule has 132 valence electrons. The average Bonchev–Trinajstić information content (AvgIpc) is 3.02. The number of amides is 3. The minimum atomic E-state index is -0.0521. The molecule has 0 unspecified atom stereocenters. The number of benzene rings is 1. The molecule has 0 bridgehead atoms. The van der Waals surface area contributed by atoms with Crippen molar-refractivity contribution in [2.75, 3.05) is 26.7 Å². The van der Waals surface area contributed by atoms with E-state index in [9.17, 15) is 9.59 Å². The zero-order valence-electron chi connectivity index (χ0n) is 15.2. The first-order valence-corrected chi connectivity index (χ1v) is 8.74. The molecular formula is C19H29N3O2. The van der Waals surface area contributed by atoms with Gasteiger partial charge in [0.15, 0.2) is 0 Å². The molecule has 5 heteroatoms. The lowest BCUT2D eigenvalue weighted by Gasteiger charge is -2.25. The van der Waals surface area contributed by atoms with Gasteiger partial charge in [-0.2, -0.15) is 0 Å². The highest BCUT2D eigenvalue weighted by atomic mass is 16.2. The Morgan fingerprint density at radius 3 is 2.54 bits per heavy atom. The molecule has 1 aliphatic rings. The molecular weight excluding hydrogens is 302 g/mol. The number of urea groups is 1. The fraction of sp³-hybridized carbons (Fsp3) is 0.579. The Kier molecular flexibility index (Phi) is 6.23. The Morgan fingerprint density at radius 2 is 2.00 bits per heavy atom. The smallest absolute Gasteiger partial charge is 0.317 e. The van der Waals surface area contributed by atoms with Crippen LogP contribution in [0.5, 0.6) is 0 Å². The van der Waals surface area contributed by atoms with Crippen molar-refractivity contribution in [2.24, 2.45) is 5.92 Å². The van der Waals surface area contributed by atoms with Crippen LogP contribution in [0.4, 0.5) is 4.79 Å². The van der Waals surface area contributed by atoms with Crippen molar-refractivity contribution in [1.29, 1.82) is 0 Å². The van der Waals surface area contributed by atoms with Gasteiger partial charge in [0, 0.05) is 33.6 Å². The van der Waals surface area contributed by atoms with Crippen LogP contribution in [0.2, 0.25) is 0 Å². The fourth-order valence-corrected chi connectivity index (χ4v) is 3.22. The molecule has 1 heterocycles. The van der Waals surface area contributed by atoms with Gasteiger partial charge in [-0.1, -0.05) is 36.8 Å². The fourth-order valence-electron chi connectivity index (χ4n) is 3.22. The number of rotatable bonds is 5. The molecule has 1 fully saturated rings. The van der Waals surface area contributed by atoms with Crippen molar-refractivity contribution >= 4 is 11.9 Å². The van der Waals surface area contributed by atoms with Crippen molar-refractivity contribution < 1.29 is 9.59 Å². The van der Waals surface area contributed by atoms with Crippen LogP contribution in [0.15, 0.2) is 24.3 Å². The van der Waals surface area contributed by atoms with Crippen LogP contribution in [0, 0.1) is 12.8 Å². The maximum absolute atomic E-state index is 12.5. The zero-order valence-corrected chi connectivity index (χ0v) is 15.2. The molecule has 0 radical (unpaired) electrons. The second-order valence-electron chi connectivity index (χ2n) is 6.82. The van der Waals surface area contributed by atoms with Crippen molar-refractivity contribution in [3.8, 4) is 0 Å². The summed E-state index contributed by atoms with van der Waals surface area (Å²) in [5.41, 5.74) is 2.35. The second kappa shape index (κ2) is 8.18. The lowest BCUT2D eigenvalue weighted by Crippen LogP contribution is -2.42. The van der Waals surface area contributed by atoms with Gasteiger partial charge in [0.25, 0.3) is 0 Å². The molecule has 1 aliphatic heterocycles. The Bertz CT molecular complexity index is 570. The van der Waals surface area contributed by atoms with Crippen LogP contribution in [0.25, 0.3) is 0 Å². The van der Waals surface area contributed by atoms with Gasteiger partial charge in [-0.25, -0.2) is 4.79 Å². The molecule has 0 aliphatic carbocycles. The maximum atomic E-state index is 12.5. The third kappa shape index (κ3) is 4.73. The third-order valence-corrected chi connectivity index (χ3v) is 4.80. The molecule has 1 aromatic rings. The summed E-state index contributed by atoms with van der Waals surface area (Å²) >= 11 is 0. The highest BCUT2D eigenvalue weighted by Gasteiger charge is 2.26. The minimum Gasteiger partial charge on any atom is -0.343 e. The van der Waals surface area contributed by atoms with Crippen molar-refractivity contribution in [1.82, 2.24) is 15.1 Å². The summed E-state index contributed by atoms with van der Waals surface area (Å²) in [6, 6.07) is 8.27.